The monoisotopic (exact) mass is 452 g/mol. The molecule has 1 aromatic rings. The molecule has 0 bridgehead atoms. The van der Waals surface area contributed by atoms with Crippen molar-refractivity contribution in [2.24, 2.45) is 0 Å². The molecule has 0 radical (unpaired) electrons. The van der Waals surface area contributed by atoms with Gasteiger partial charge in [0.1, 0.15) is 18.3 Å². The number of hydrogen-bond acceptors (Lipinski definition) is 7. The third-order valence-corrected chi connectivity index (χ3v) is 5.40. The van der Waals surface area contributed by atoms with E-state index in [1.807, 2.05) is 6.07 Å². The molecule has 1 N–H and O–H groups in total. The van der Waals surface area contributed by atoms with Gasteiger partial charge < -0.3 is 28.8 Å². The van der Waals surface area contributed by atoms with Crippen LogP contribution in [-0.4, -0.2) is 68.2 Å². The van der Waals surface area contributed by atoms with E-state index in [0.29, 0.717) is 25.4 Å². The summed E-state index contributed by atoms with van der Waals surface area (Å²) < 4.78 is 29.6. The van der Waals surface area contributed by atoms with E-state index in [-0.39, 0.29) is 6.61 Å². The largest absolute Gasteiger partial charge is 0.450 e. The van der Waals surface area contributed by atoms with Crippen LogP contribution in [0, 0.1) is 0 Å². The van der Waals surface area contributed by atoms with Crippen LogP contribution in [0.15, 0.2) is 30.3 Å². The Hall–Kier alpha value is -1.51. The number of ether oxygens (including phenoxy) is 5. The highest BCUT2D eigenvalue weighted by molar-refractivity contribution is 5.89. The van der Waals surface area contributed by atoms with E-state index in [0.717, 1.165) is 38.5 Å². The fraction of sp³-hybridized carbons (Fsp3) is 0.720. The zero-order valence-electron chi connectivity index (χ0n) is 19.7. The standard InChI is InChI=1S/C25H40O7/c1-4-7-15-28-18-20-21(29-16-8-5-2)22(30-17-9-6-3)23(25(27)31-20)32-24(26)19-13-11-10-12-14-19/h10-14,20-23,25,27H,4-9,15-18H2,1-3H3/t20?,21-,22?,23?,25+/m1/s1. The van der Waals surface area contributed by atoms with Crippen molar-refractivity contribution < 1.29 is 33.6 Å². The van der Waals surface area contributed by atoms with Gasteiger partial charge in [-0.3, -0.25) is 0 Å². The Bertz CT molecular complexity index is 624. The summed E-state index contributed by atoms with van der Waals surface area (Å²) in [4.78, 5) is 12.7. The first kappa shape index (κ1) is 26.7. The zero-order chi connectivity index (χ0) is 23.2. The fourth-order valence-corrected chi connectivity index (χ4v) is 3.49. The summed E-state index contributed by atoms with van der Waals surface area (Å²) in [6.07, 6.45) is 1.65. The van der Waals surface area contributed by atoms with E-state index in [2.05, 4.69) is 20.8 Å². The van der Waals surface area contributed by atoms with Gasteiger partial charge in [-0.05, 0) is 31.4 Å². The second-order valence-corrected chi connectivity index (χ2v) is 8.11. The summed E-state index contributed by atoms with van der Waals surface area (Å²) >= 11 is 0. The Morgan fingerprint density at radius 3 is 2.09 bits per heavy atom. The van der Waals surface area contributed by atoms with Gasteiger partial charge in [-0.1, -0.05) is 58.2 Å². The predicted molar refractivity (Wildman–Crippen MR) is 122 cm³/mol. The third kappa shape index (κ3) is 8.45. The molecule has 5 atom stereocenters. The van der Waals surface area contributed by atoms with E-state index in [1.54, 1.807) is 24.3 Å². The van der Waals surface area contributed by atoms with Crippen molar-refractivity contribution in [3.05, 3.63) is 35.9 Å². The first-order valence-electron chi connectivity index (χ1n) is 12.0. The number of carbonyl (C=O) groups is 1. The molecule has 0 amide bonds. The average molecular weight is 453 g/mol. The quantitative estimate of drug-likeness (QED) is 0.317. The zero-order valence-corrected chi connectivity index (χ0v) is 19.7. The molecule has 1 aromatic carbocycles. The van der Waals surface area contributed by atoms with Crippen LogP contribution in [0.25, 0.3) is 0 Å². The molecule has 32 heavy (non-hydrogen) atoms. The van der Waals surface area contributed by atoms with E-state index in [1.165, 1.54) is 0 Å². The lowest BCUT2D eigenvalue weighted by atomic mass is 9.98. The number of carbonyl (C=O) groups excluding carboxylic acids is 1. The van der Waals surface area contributed by atoms with Crippen molar-refractivity contribution in [3.8, 4) is 0 Å². The minimum Gasteiger partial charge on any atom is -0.450 e. The average Bonchev–Trinajstić information content (AvgIpc) is 2.81. The summed E-state index contributed by atoms with van der Waals surface area (Å²) in [7, 11) is 0. The van der Waals surface area contributed by atoms with Gasteiger partial charge in [0.25, 0.3) is 0 Å². The van der Waals surface area contributed by atoms with Crippen molar-refractivity contribution in [1.29, 1.82) is 0 Å². The van der Waals surface area contributed by atoms with Gasteiger partial charge in [0.05, 0.1) is 12.2 Å². The van der Waals surface area contributed by atoms with Crippen LogP contribution in [0.3, 0.4) is 0 Å². The molecule has 1 fully saturated rings. The Labute approximate surface area is 192 Å². The number of esters is 1. The lowest BCUT2D eigenvalue weighted by molar-refractivity contribution is -0.302. The van der Waals surface area contributed by atoms with Gasteiger partial charge in [0, 0.05) is 19.8 Å². The van der Waals surface area contributed by atoms with E-state index >= 15 is 0 Å². The Balaban J connectivity index is 2.18. The van der Waals surface area contributed by atoms with Gasteiger partial charge in [-0.25, -0.2) is 4.79 Å². The molecule has 0 saturated carbocycles. The summed E-state index contributed by atoms with van der Waals surface area (Å²) in [6.45, 7) is 8.17. The third-order valence-electron chi connectivity index (χ3n) is 5.40. The van der Waals surface area contributed by atoms with Gasteiger partial charge in [-0.15, -0.1) is 0 Å². The van der Waals surface area contributed by atoms with Gasteiger partial charge >= 0.3 is 5.97 Å². The molecule has 1 heterocycles. The molecule has 1 saturated heterocycles. The Morgan fingerprint density at radius 1 is 0.875 bits per heavy atom. The number of unbranched alkanes of at least 4 members (excludes halogenated alkanes) is 3. The molecule has 2 rings (SSSR count). The smallest absolute Gasteiger partial charge is 0.338 e. The topological polar surface area (TPSA) is 83.5 Å². The predicted octanol–water partition coefficient (Wildman–Crippen LogP) is 4.12. The van der Waals surface area contributed by atoms with Crippen molar-refractivity contribution in [1.82, 2.24) is 0 Å². The second kappa shape index (κ2) is 15.3. The maximum atomic E-state index is 12.7. The first-order chi connectivity index (χ1) is 15.6. The number of rotatable bonds is 15. The van der Waals surface area contributed by atoms with Crippen LogP contribution in [-0.2, 0) is 23.7 Å². The Kier molecular flexibility index (Phi) is 12.8. The molecule has 7 nitrogen and oxygen atoms in total. The van der Waals surface area contributed by atoms with Crippen LogP contribution in [0.1, 0.15) is 69.7 Å². The van der Waals surface area contributed by atoms with E-state index in [9.17, 15) is 9.90 Å². The molecule has 0 aromatic heterocycles. The highest BCUT2D eigenvalue weighted by atomic mass is 16.7. The number of hydrogen-bond donors (Lipinski definition) is 1. The minimum absolute atomic E-state index is 0.279. The van der Waals surface area contributed by atoms with Crippen LogP contribution >= 0.6 is 0 Å². The number of benzene rings is 1. The first-order valence-corrected chi connectivity index (χ1v) is 12.0. The van der Waals surface area contributed by atoms with Crippen LogP contribution < -0.4 is 0 Å². The molecule has 0 spiro atoms. The second-order valence-electron chi connectivity index (χ2n) is 8.11. The number of aliphatic hydroxyl groups excluding tert-OH is 1. The summed E-state index contributed by atoms with van der Waals surface area (Å²) in [6, 6.07) is 8.70. The summed E-state index contributed by atoms with van der Waals surface area (Å²) in [5, 5.41) is 10.8. The van der Waals surface area contributed by atoms with Crippen molar-refractivity contribution >= 4 is 5.97 Å². The molecule has 0 aliphatic carbocycles. The maximum absolute atomic E-state index is 12.7. The van der Waals surface area contributed by atoms with Gasteiger partial charge in [0.2, 0.25) is 0 Å². The highest BCUT2D eigenvalue weighted by Gasteiger charge is 2.49. The van der Waals surface area contributed by atoms with E-state index in [4.69, 9.17) is 23.7 Å². The van der Waals surface area contributed by atoms with Crippen molar-refractivity contribution in [3.63, 3.8) is 0 Å². The van der Waals surface area contributed by atoms with Crippen LogP contribution in [0.4, 0.5) is 0 Å². The molecule has 7 heteroatoms. The van der Waals surface area contributed by atoms with Gasteiger partial charge in [0.15, 0.2) is 12.4 Å². The van der Waals surface area contributed by atoms with E-state index < -0.39 is 36.7 Å². The van der Waals surface area contributed by atoms with Crippen LogP contribution in [0.5, 0.6) is 0 Å². The van der Waals surface area contributed by atoms with Gasteiger partial charge in [-0.2, -0.15) is 0 Å². The fourth-order valence-electron chi connectivity index (χ4n) is 3.49. The van der Waals surface area contributed by atoms with Crippen molar-refractivity contribution in [2.75, 3.05) is 26.4 Å². The molecular formula is C25H40O7. The number of aliphatic hydroxyl groups is 1. The molecular weight excluding hydrogens is 412 g/mol. The summed E-state index contributed by atoms with van der Waals surface area (Å²) in [5.74, 6) is -0.535. The highest BCUT2D eigenvalue weighted by Crippen LogP contribution is 2.29. The normalized spacial score (nSPS) is 25.6. The molecule has 3 unspecified atom stereocenters. The molecule has 1 aliphatic rings. The van der Waals surface area contributed by atoms with Crippen molar-refractivity contribution in [2.45, 2.75) is 90.0 Å². The summed E-state index contributed by atoms with van der Waals surface area (Å²) in [5.41, 5.74) is 0.403. The molecule has 1 aliphatic heterocycles. The van der Waals surface area contributed by atoms with Crippen LogP contribution in [0.2, 0.25) is 0 Å². The lowest BCUT2D eigenvalue weighted by Gasteiger charge is -2.44. The minimum atomic E-state index is -1.33. The lowest BCUT2D eigenvalue weighted by Crippen LogP contribution is -2.61. The molecule has 182 valence electrons. The Morgan fingerprint density at radius 2 is 1.47 bits per heavy atom. The maximum Gasteiger partial charge on any atom is 0.338 e. The SMILES string of the molecule is CCCCOCC1O[C@H](O)C(OC(=O)c2ccccc2)C(OCCCC)[C@@H]1OCCCC.